The zero-order valence-corrected chi connectivity index (χ0v) is 10.9. The first kappa shape index (κ1) is 11.4. The number of hydrogen-bond acceptors (Lipinski definition) is 3. The second-order valence-electron chi connectivity index (χ2n) is 3.93. The Labute approximate surface area is 103 Å². The van der Waals surface area contributed by atoms with E-state index in [1.54, 1.807) is 6.20 Å². The van der Waals surface area contributed by atoms with Crippen LogP contribution in [0.4, 0.5) is 0 Å². The van der Waals surface area contributed by atoms with E-state index in [1.807, 2.05) is 18.0 Å². The van der Waals surface area contributed by atoms with Gasteiger partial charge in [-0.05, 0) is 52.6 Å². The zero-order valence-electron chi connectivity index (χ0n) is 8.53. The van der Waals surface area contributed by atoms with Crippen LogP contribution >= 0.6 is 27.7 Å². The molecule has 1 aromatic heterocycles. The van der Waals surface area contributed by atoms with E-state index in [4.69, 9.17) is 5.73 Å². The van der Waals surface area contributed by atoms with Gasteiger partial charge in [-0.1, -0.05) is 0 Å². The largest absolute Gasteiger partial charge is 0.326 e. The average molecular weight is 287 g/mol. The number of halogens is 1. The van der Waals surface area contributed by atoms with Gasteiger partial charge in [-0.3, -0.25) is 4.98 Å². The molecule has 2 nitrogen and oxygen atoms in total. The predicted octanol–water partition coefficient (Wildman–Crippen LogP) is 2.61. The van der Waals surface area contributed by atoms with Gasteiger partial charge < -0.3 is 5.73 Å². The molecule has 15 heavy (non-hydrogen) atoms. The number of rotatable bonds is 3. The molecule has 0 bridgehead atoms. The summed E-state index contributed by atoms with van der Waals surface area (Å²) < 4.78 is 1.03. The molecule has 1 fully saturated rings. The molecule has 1 aliphatic rings. The van der Waals surface area contributed by atoms with Crippen LogP contribution in [0.15, 0.2) is 22.9 Å². The van der Waals surface area contributed by atoms with Gasteiger partial charge in [0.05, 0.1) is 0 Å². The topological polar surface area (TPSA) is 38.9 Å². The summed E-state index contributed by atoms with van der Waals surface area (Å²) in [4.78, 5) is 4.15. The lowest BCUT2D eigenvalue weighted by molar-refractivity contribution is 0.608. The predicted molar refractivity (Wildman–Crippen MR) is 69.1 cm³/mol. The van der Waals surface area contributed by atoms with Crippen molar-refractivity contribution < 1.29 is 0 Å². The van der Waals surface area contributed by atoms with Crippen molar-refractivity contribution in [3.05, 3.63) is 28.5 Å². The molecule has 0 spiro atoms. The Bertz CT molecular complexity index is 326. The van der Waals surface area contributed by atoms with Crippen molar-refractivity contribution in [1.29, 1.82) is 0 Å². The molecule has 0 aromatic carbocycles. The maximum Gasteiger partial charge on any atom is 0.0410 e. The van der Waals surface area contributed by atoms with E-state index in [2.05, 4.69) is 27.0 Å². The van der Waals surface area contributed by atoms with Crippen LogP contribution in [-0.4, -0.2) is 22.0 Å². The van der Waals surface area contributed by atoms with E-state index in [9.17, 15) is 0 Å². The SMILES string of the molecule is NC(Cc1cncc(Br)c1)C1CCCS1. The van der Waals surface area contributed by atoms with Crippen molar-refractivity contribution in [3.8, 4) is 0 Å². The highest BCUT2D eigenvalue weighted by atomic mass is 79.9. The highest BCUT2D eigenvalue weighted by Crippen LogP contribution is 2.29. The van der Waals surface area contributed by atoms with Gasteiger partial charge in [-0.15, -0.1) is 0 Å². The zero-order chi connectivity index (χ0) is 10.7. The first-order valence-electron chi connectivity index (χ1n) is 5.22. The van der Waals surface area contributed by atoms with E-state index in [-0.39, 0.29) is 6.04 Å². The second kappa shape index (κ2) is 5.32. The summed E-state index contributed by atoms with van der Waals surface area (Å²) in [6, 6.07) is 2.38. The fourth-order valence-corrected chi connectivity index (χ4v) is 3.64. The number of nitrogens with two attached hydrogens (primary N) is 1. The average Bonchev–Trinajstić information content (AvgIpc) is 2.70. The molecule has 0 amide bonds. The summed E-state index contributed by atoms with van der Waals surface area (Å²) in [5.41, 5.74) is 7.42. The first-order valence-corrected chi connectivity index (χ1v) is 7.06. The van der Waals surface area contributed by atoms with E-state index < -0.39 is 0 Å². The third kappa shape index (κ3) is 3.20. The van der Waals surface area contributed by atoms with Gasteiger partial charge in [-0.2, -0.15) is 11.8 Å². The molecule has 4 heteroatoms. The molecule has 1 aliphatic heterocycles. The Hall–Kier alpha value is -0.0600. The van der Waals surface area contributed by atoms with Crippen molar-refractivity contribution in [2.45, 2.75) is 30.6 Å². The van der Waals surface area contributed by atoms with Crippen molar-refractivity contribution >= 4 is 27.7 Å². The molecule has 2 unspecified atom stereocenters. The molecule has 2 heterocycles. The van der Waals surface area contributed by atoms with E-state index in [0.717, 1.165) is 10.9 Å². The minimum Gasteiger partial charge on any atom is -0.326 e. The summed E-state index contributed by atoms with van der Waals surface area (Å²) in [5, 5.41) is 0.643. The van der Waals surface area contributed by atoms with Crippen LogP contribution in [0.1, 0.15) is 18.4 Å². The van der Waals surface area contributed by atoms with Gasteiger partial charge in [0.25, 0.3) is 0 Å². The van der Waals surface area contributed by atoms with Crippen molar-refractivity contribution in [3.63, 3.8) is 0 Å². The fraction of sp³-hybridized carbons (Fsp3) is 0.545. The minimum absolute atomic E-state index is 0.272. The molecule has 0 saturated carbocycles. The Balaban J connectivity index is 1.95. The molecular weight excluding hydrogens is 272 g/mol. The normalized spacial score (nSPS) is 22.9. The lowest BCUT2D eigenvalue weighted by atomic mass is 10.0. The van der Waals surface area contributed by atoms with Crippen molar-refractivity contribution in [1.82, 2.24) is 4.98 Å². The van der Waals surface area contributed by atoms with Crippen LogP contribution in [0.25, 0.3) is 0 Å². The number of aromatic nitrogens is 1. The van der Waals surface area contributed by atoms with E-state index in [0.29, 0.717) is 5.25 Å². The maximum atomic E-state index is 6.20. The number of thioether (sulfide) groups is 1. The lowest BCUT2D eigenvalue weighted by Crippen LogP contribution is -2.33. The van der Waals surface area contributed by atoms with E-state index in [1.165, 1.54) is 24.2 Å². The summed E-state index contributed by atoms with van der Waals surface area (Å²) >= 11 is 5.44. The molecular formula is C11H15BrN2S. The standard InChI is InChI=1S/C11H15BrN2S/c12-9-4-8(6-14-7-9)5-10(13)11-2-1-3-15-11/h4,6-7,10-11H,1-3,5,13H2. The minimum atomic E-state index is 0.272. The molecule has 82 valence electrons. The van der Waals surface area contributed by atoms with Gasteiger partial charge >= 0.3 is 0 Å². The lowest BCUT2D eigenvalue weighted by Gasteiger charge is -2.17. The molecule has 1 aromatic rings. The Kier molecular flexibility index (Phi) is 4.05. The van der Waals surface area contributed by atoms with Gasteiger partial charge in [-0.25, -0.2) is 0 Å². The van der Waals surface area contributed by atoms with Gasteiger partial charge in [0.1, 0.15) is 0 Å². The maximum absolute atomic E-state index is 6.20. The Morgan fingerprint density at radius 2 is 2.47 bits per heavy atom. The number of nitrogens with zero attached hydrogens (tertiary/aromatic N) is 1. The Morgan fingerprint density at radius 3 is 3.13 bits per heavy atom. The summed E-state index contributed by atoms with van der Waals surface area (Å²) in [7, 11) is 0. The summed E-state index contributed by atoms with van der Waals surface area (Å²) in [6.07, 6.45) is 7.24. The number of hydrogen-bond donors (Lipinski definition) is 1. The highest BCUT2D eigenvalue weighted by Gasteiger charge is 2.22. The van der Waals surface area contributed by atoms with Crippen molar-refractivity contribution in [2.24, 2.45) is 5.73 Å². The van der Waals surface area contributed by atoms with Gasteiger partial charge in [0, 0.05) is 28.2 Å². The summed E-state index contributed by atoms with van der Waals surface area (Å²) in [5.74, 6) is 1.27. The molecule has 2 rings (SSSR count). The van der Waals surface area contributed by atoms with Crippen LogP contribution in [0.2, 0.25) is 0 Å². The van der Waals surface area contributed by atoms with Crippen LogP contribution in [0.5, 0.6) is 0 Å². The third-order valence-electron chi connectivity index (χ3n) is 2.68. The first-order chi connectivity index (χ1) is 7.25. The molecule has 2 N–H and O–H groups in total. The van der Waals surface area contributed by atoms with Crippen LogP contribution in [0.3, 0.4) is 0 Å². The van der Waals surface area contributed by atoms with Crippen molar-refractivity contribution in [2.75, 3.05) is 5.75 Å². The molecule has 0 radical (unpaired) electrons. The van der Waals surface area contributed by atoms with Gasteiger partial charge in [0.2, 0.25) is 0 Å². The molecule has 2 atom stereocenters. The molecule has 1 saturated heterocycles. The fourth-order valence-electron chi connectivity index (χ4n) is 1.91. The highest BCUT2D eigenvalue weighted by molar-refractivity contribution is 9.10. The number of pyridine rings is 1. The summed E-state index contributed by atoms with van der Waals surface area (Å²) in [6.45, 7) is 0. The van der Waals surface area contributed by atoms with Crippen LogP contribution in [-0.2, 0) is 6.42 Å². The van der Waals surface area contributed by atoms with Crippen LogP contribution < -0.4 is 5.73 Å². The smallest absolute Gasteiger partial charge is 0.0410 e. The molecule has 0 aliphatic carbocycles. The second-order valence-corrected chi connectivity index (χ2v) is 6.19. The monoisotopic (exact) mass is 286 g/mol. The quantitative estimate of drug-likeness (QED) is 0.928. The van der Waals surface area contributed by atoms with Gasteiger partial charge in [0.15, 0.2) is 0 Å². The van der Waals surface area contributed by atoms with E-state index >= 15 is 0 Å². The van der Waals surface area contributed by atoms with Crippen LogP contribution in [0, 0.1) is 0 Å². The third-order valence-corrected chi connectivity index (χ3v) is 4.65. The Morgan fingerprint density at radius 1 is 1.60 bits per heavy atom.